The molecule has 0 spiro atoms. The van der Waals surface area contributed by atoms with Gasteiger partial charge in [-0.25, -0.2) is 4.98 Å². The number of amides is 1. The van der Waals surface area contributed by atoms with Gasteiger partial charge < -0.3 is 9.72 Å². The standard InChI is InChI=1S/C15H16F3N3O/c1-2-14(22)19-7-9-6-10(9)11-4-3-5-13-20-12(8-21(11)13)15(16,17)18/h3-5,8-10H,2,6-7H2,1H3,(H,19,22). The number of carbonyl (C=O) groups is 1. The van der Waals surface area contributed by atoms with Gasteiger partial charge in [-0.3, -0.25) is 4.79 Å². The Kier molecular flexibility index (Phi) is 3.58. The fourth-order valence-corrected chi connectivity index (χ4v) is 2.68. The quantitative estimate of drug-likeness (QED) is 0.943. The van der Waals surface area contributed by atoms with Crippen molar-refractivity contribution in [1.82, 2.24) is 14.7 Å². The Hall–Kier alpha value is -2.05. The van der Waals surface area contributed by atoms with Gasteiger partial charge in [0.2, 0.25) is 5.91 Å². The van der Waals surface area contributed by atoms with Crippen molar-refractivity contribution in [3.8, 4) is 0 Å². The Bertz CT molecular complexity index is 708. The molecule has 0 saturated heterocycles. The number of carbonyl (C=O) groups excluding carboxylic acids is 1. The number of hydrogen-bond donors (Lipinski definition) is 1. The number of fused-ring (bicyclic) bond motifs is 1. The maximum atomic E-state index is 12.8. The molecule has 118 valence electrons. The summed E-state index contributed by atoms with van der Waals surface area (Å²) in [6.45, 7) is 2.35. The van der Waals surface area contributed by atoms with Gasteiger partial charge >= 0.3 is 6.18 Å². The van der Waals surface area contributed by atoms with Crippen LogP contribution in [0.15, 0.2) is 24.4 Å². The van der Waals surface area contributed by atoms with E-state index in [-0.39, 0.29) is 17.7 Å². The summed E-state index contributed by atoms with van der Waals surface area (Å²) >= 11 is 0. The molecule has 2 unspecified atom stereocenters. The molecule has 2 aromatic heterocycles. The fourth-order valence-electron chi connectivity index (χ4n) is 2.68. The van der Waals surface area contributed by atoms with Crippen molar-refractivity contribution in [2.45, 2.75) is 31.9 Å². The molecule has 1 saturated carbocycles. The highest BCUT2D eigenvalue weighted by atomic mass is 19.4. The van der Waals surface area contributed by atoms with Gasteiger partial charge in [-0.15, -0.1) is 0 Å². The lowest BCUT2D eigenvalue weighted by Crippen LogP contribution is -2.24. The average molecular weight is 311 g/mol. The van der Waals surface area contributed by atoms with E-state index in [4.69, 9.17) is 0 Å². The van der Waals surface area contributed by atoms with Crippen LogP contribution in [-0.2, 0) is 11.0 Å². The molecule has 1 aliphatic rings. The second-order valence-corrected chi connectivity index (χ2v) is 5.56. The number of nitrogens with one attached hydrogen (secondary N) is 1. The molecular formula is C15H16F3N3O. The van der Waals surface area contributed by atoms with Gasteiger partial charge in [-0.2, -0.15) is 13.2 Å². The van der Waals surface area contributed by atoms with Gasteiger partial charge in [-0.1, -0.05) is 13.0 Å². The SMILES string of the molecule is CCC(=O)NCC1CC1c1cccc2nc(C(F)(F)F)cn12. The molecule has 0 bridgehead atoms. The van der Waals surface area contributed by atoms with Gasteiger partial charge in [0.05, 0.1) is 0 Å². The Labute approximate surface area is 125 Å². The number of alkyl halides is 3. The number of pyridine rings is 1. The Morgan fingerprint density at radius 3 is 2.91 bits per heavy atom. The third-order valence-corrected chi connectivity index (χ3v) is 4.00. The average Bonchev–Trinajstić information content (AvgIpc) is 3.09. The normalized spacial score (nSPS) is 21.1. The first-order valence-electron chi connectivity index (χ1n) is 7.22. The topological polar surface area (TPSA) is 46.4 Å². The lowest BCUT2D eigenvalue weighted by Gasteiger charge is -2.06. The highest BCUT2D eigenvalue weighted by Gasteiger charge is 2.40. The first-order chi connectivity index (χ1) is 10.4. The second-order valence-electron chi connectivity index (χ2n) is 5.56. The number of imidazole rings is 1. The van der Waals surface area contributed by atoms with E-state index in [1.165, 1.54) is 4.40 Å². The van der Waals surface area contributed by atoms with E-state index >= 15 is 0 Å². The van der Waals surface area contributed by atoms with Gasteiger partial charge in [0.25, 0.3) is 0 Å². The third kappa shape index (κ3) is 2.80. The molecule has 0 aromatic carbocycles. The molecule has 2 heterocycles. The summed E-state index contributed by atoms with van der Waals surface area (Å²) in [4.78, 5) is 14.9. The van der Waals surface area contributed by atoms with Crippen LogP contribution in [0.1, 0.15) is 37.1 Å². The zero-order valence-electron chi connectivity index (χ0n) is 12.0. The summed E-state index contributed by atoms with van der Waals surface area (Å²) in [6, 6.07) is 5.11. The van der Waals surface area contributed by atoms with Crippen LogP contribution in [0, 0.1) is 5.92 Å². The van der Waals surface area contributed by atoms with E-state index < -0.39 is 11.9 Å². The van der Waals surface area contributed by atoms with Gasteiger partial charge in [0, 0.05) is 30.8 Å². The fraction of sp³-hybridized carbons (Fsp3) is 0.467. The van der Waals surface area contributed by atoms with Crippen molar-refractivity contribution in [3.63, 3.8) is 0 Å². The molecule has 0 aliphatic heterocycles. The molecule has 22 heavy (non-hydrogen) atoms. The zero-order chi connectivity index (χ0) is 15.9. The molecule has 3 rings (SSSR count). The molecule has 0 radical (unpaired) electrons. The zero-order valence-corrected chi connectivity index (χ0v) is 12.0. The summed E-state index contributed by atoms with van der Waals surface area (Å²) in [6.07, 6.45) is -2.10. The lowest BCUT2D eigenvalue weighted by atomic mass is 10.2. The maximum Gasteiger partial charge on any atom is 0.434 e. The van der Waals surface area contributed by atoms with Crippen LogP contribution in [-0.4, -0.2) is 21.8 Å². The van der Waals surface area contributed by atoms with Crippen LogP contribution in [0.5, 0.6) is 0 Å². The number of nitrogens with zero attached hydrogens (tertiary/aromatic N) is 2. The lowest BCUT2D eigenvalue weighted by molar-refractivity contribution is -0.140. The minimum Gasteiger partial charge on any atom is -0.356 e. The van der Waals surface area contributed by atoms with Crippen molar-refractivity contribution in [1.29, 1.82) is 0 Å². The van der Waals surface area contributed by atoms with Crippen molar-refractivity contribution in [2.75, 3.05) is 6.54 Å². The second kappa shape index (κ2) is 5.30. The number of hydrogen-bond acceptors (Lipinski definition) is 2. The van der Waals surface area contributed by atoms with Gasteiger partial charge in [0.15, 0.2) is 5.69 Å². The van der Waals surface area contributed by atoms with E-state index in [0.29, 0.717) is 18.6 Å². The summed E-state index contributed by atoms with van der Waals surface area (Å²) in [5.41, 5.74) is 0.237. The van der Waals surface area contributed by atoms with Gasteiger partial charge in [0.1, 0.15) is 5.65 Å². The summed E-state index contributed by atoms with van der Waals surface area (Å²) in [5.74, 6) is 0.430. The molecular weight excluding hydrogens is 295 g/mol. The van der Waals surface area contributed by atoms with Crippen molar-refractivity contribution < 1.29 is 18.0 Å². The van der Waals surface area contributed by atoms with Crippen molar-refractivity contribution >= 4 is 11.6 Å². The van der Waals surface area contributed by atoms with Crippen LogP contribution < -0.4 is 5.32 Å². The predicted octanol–water partition coefficient (Wildman–Crippen LogP) is 2.98. The molecule has 1 fully saturated rings. The van der Waals surface area contributed by atoms with E-state index in [0.717, 1.165) is 18.3 Å². The molecule has 2 atom stereocenters. The number of rotatable bonds is 4. The van der Waals surface area contributed by atoms with E-state index in [1.54, 1.807) is 19.1 Å². The monoisotopic (exact) mass is 311 g/mol. The highest BCUT2D eigenvalue weighted by molar-refractivity contribution is 5.75. The molecule has 7 heteroatoms. The first-order valence-corrected chi connectivity index (χ1v) is 7.22. The van der Waals surface area contributed by atoms with Crippen LogP contribution in [0.3, 0.4) is 0 Å². The van der Waals surface area contributed by atoms with Crippen LogP contribution >= 0.6 is 0 Å². The predicted molar refractivity (Wildman–Crippen MR) is 74.3 cm³/mol. The van der Waals surface area contributed by atoms with Crippen LogP contribution in [0.4, 0.5) is 13.2 Å². The molecule has 1 N–H and O–H groups in total. The van der Waals surface area contributed by atoms with E-state index in [2.05, 4.69) is 10.3 Å². The smallest absolute Gasteiger partial charge is 0.356 e. The number of halogens is 3. The van der Waals surface area contributed by atoms with E-state index in [9.17, 15) is 18.0 Å². The van der Waals surface area contributed by atoms with Crippen LogP contribution in [0.25, 0.3) is 5.65 Å². The number of aromatic nitrogens is 2. The Morgan fingerprint density at radius 1 is 1.45 bits per heavy atom. The highest BCUT2D eigenvalue weighted by Crippen LogP contribution is 2.47. The van der Waals surface area contributed by atoms with Crippen molar-refractivity contribution in [2.24, 2.45) is 5.92 Å². The van der Waals surface area contributed by atoms with Crippen LogP contribution in [0.2, 0.25) is 0 Å². The largest absolute Gasteiger partial charge is 0.434 e. The Morgan fingerprint density at radius 2 is 2.23 bits per heavy atom. The molecule has 1 aliphatic carbocycles. The molecule has 2 aromatic rings. The van der Waals surface area contributed by atoms with Crippen molar-refractivity contribution in [3.05, 3.63) is 35.8 Å². The molecule has 1 amide bonds. The molecule has 4 nitrogen and oxygen atoms in total. The first kappa shape index (κ1) is 14.9. The van der Waals surface area contributed by atoms with E-state index in [1.807, 2.05) is 6.07 Å². The van der Waals surface area contributed by atoms with Gasteiger partial charge in [-0.05, 0) is 24.5 Å². The minimum absolute atomic E-state index is 0.00847. The minimum atomic E-state index is -4.44. The summed E-state index contributed by atoms with van der Waals surface area (Å²) in [5, 5.41) is 2.83. The maximum absolute atomic E-state index is 12.8. The summed E-state index contributed by atoms with van der Waals surface area (Å²) in [7, 11) is 0. The third-order valence-electron chi connectivity index (χ3n) is 4.00. The Balaban J connectivity index is 1.81. The summed E-state index contributed by atoms with van der Waals surface area (Å²) < 4.78 is 39.8.